The van der Waals surface area contributed by atoms with Crippen LogP contribution < -0.4 is 16.8 Å². The zero-order valence-electron chi connectivity index (χ0n) is 12.0. The van der Waals surface area contributed by atoms with E-state index in [0.717, 1.165) is 35.6 Å². The molecular formula is C18H21N3. The minimum absolute atomic E-state index is 0.762. The normalized spacial score (nSPS) is 12.4. The van der Waals surface area contributed by atoms with Crippen LogP contribution in [0.4, 0.5) is 22.7 Å². The summed E-state index contributed by atoms with van der Waals surface area (Å²) in [7, 11) is 0. The molecule has 3 heteroatoms. The van der Waals surface area contributed by atoms with E-state index >= 15 is 0 Å². The van der Waals surface area contributed by atoms with Gasteiger partial charge < -0.3 is 16.8 Å². The van der Waals surface area contributed by atoms with Gasteiger partial charge in [0.05, 0.1) is 0 Å². The molecule has 3 nitrogen and oxygen atoms in total. The van der Waals surface area contributed by atoms with Gasteiger partial charge in [0.2, 0.25) is 0 Å². The Balaban J connectivity index is 0.000000225. The van der Waals surface area contributed by atoms with Crippen LogP contribution in [0.1, 0.15) is 12.8 Å². The van der Waals surface area contributed by atoms with Crippen molar-refractivity contribution in [3.63, 3.8) is 0 Å². The fourth-order valence-electron chi connectivity index (χ4n) is 1.84. The SMILES string of the molecule is C1=CCC=CC1.Nc1ccc(Nc2ccc(N)cc2)cc1. The molecule has 3 rings (SSSR count). The zero-order chi connectivity index (χ0) is 14.9. The lowest BCUT2D eigenvalue weighted by Crippen LogP contribution is -1.91. The summed E-state index contributed by atoms with van der Waals surface area (Å²) in [4.78, 5) is 0. The Hall–Kier alpha value is -2.68. The third-order valence-electron chi connectivity index (χ3n) is 2.99. The van der Waals surface area contributed by atoms with Crippen molar-refractivity contribution in [2.24, 2.45) is 0 Å². The van der Waals surface area contributed by atoms with Crippen molar-refractivity contribution in [1.82, 2.24) is 0 Å². The minimum Gasteiger partial charge on any atom is -0.399 e. The van der Waals surface area contributed by atoms with Crippen LogP contribution in [0.3, 0.4) is 0 Å². The molecule has 0 atom stereocenters. The third-order valence-corrected chi connectivity index (χ3v) is 2.99. The number of allylic oxidation sites excluding steroid dienone is 4. The van der Waals surface area contributed by atoms with E-state index in [-0.39, 0.29) is 0 Å². The molecule has 0 fully saturated rings. The number of hydrogen-bond acceptors (Lipinski definition) is 3. The molecule has 1 aliphatic rings. The van der Waals surface area contributed by atoms with E-state index < -0.39 is 0 Å². The van der Waals surface area contributed by atoms with Crippen LogP contribution in [-0.4, -0.2) is 0 Å². The van der Waals surface area contributed by atoms with Gasteiger partial charge in [0.25, 0.3) is 0 Å². The van der Waals surface area contributed by atoms with Gasteiger partial charge in [-0.1, -0.05) is 24.3 Å². The fraction of sp³-hybridized carbons (Fsp3) is 0.111. The second-order valence-corrected chi connectivity index (χ2v) is 4.78. The molecule has 0 saturated carbocycles. The first-order chi connectivity index (χ1) is 10.2. The number of hydrogen-bond donors (Lipinski definition) is 3. The lowest BCUT2D eigenvalue weighted by Gasteiger charge is -2.06. The van der Waals surface area contributed by atoms with Gasteiger partial charge in [-0.15, -0.1) is 0 Å². The number of nitrogen functional groups attached to an aromatic ring is 2. The van der Waals surface area contributed by atoms with Gasteiger partial charge in [0.15, 0.2) is 0 Å². The number of nitrogens with two attached hydrogens (primary N) is 2. The third kappa shape index (κ3) is 5.45. The summed E-state index contributed by atoms with van der Waals surface area (Å²) in [5.41, 5.74) is 14.7. The van der Waals surface area contributed by atoms with Crippen LogP contribution in [0, 0.1) is 0 Å². The molecule has 0 bridgehead atoms. The molecule has 108 valence electrons. The Labute approximate surface area is 126 Å². The van der Waals surface area contributed by atoms with Crippen LogP contribution in [-0.2, 0) is 0 Å². The largest absolute Gasteiger partial charge is 0.399 e. The van der Waals surface area contributed by atoms with Gasteiger partial charge in [0, 0.05) is 22.7 Å². The summed E-state index contributed by atoms with van der Waals surface area (Å²) in [6.07, 6.45) is 11.0. The second kappa shape index (κ2) is 7.80. The first kappa shape index (κ1) is 14.7. The molecule has 21 heavy (non-hydrogen) atoms. The molecule has 2 aromatic carbocycles. The van der Waals surface area contributed by atoms with Gasteiger partial charge in [-0.3, -0.25) is 0 Å². The van der Waals surface area contributed by atoms with Crippen molar-refractivity contribution in [1.29, 1.82) is 0 Å². The monoisotopic (exact) mass is 279 g/mol. The summed E-state index contributed by atoms with van der Waals surface area (Å²) in [6, 6.07) is 15.2. The number of nitrogens with one attached hydrogen (secondary N) is 1. The molecule has 0 radical (unpaired) electrons. The van der Waals surface area contributed by atoms with Crippen molar-refractivity contribution in [2.45, 2.75) is 12.8 Å². The van der Waals surface area contributed by atoms with E-state index in [9.17, 15) is 0 Å². The topological polar surface area (TPSA) is 64.1 Å². The van der Waals surface area contributed by atoms with E-state index in [4.69, 9.17) is 11.5 Å². The Morgan fingerprint density at radius 3 is 1.19 bits per heavy atom. The van der Waals surface area contributed by atoms with Crippen LogP contribution in [0.5, 0.6) is 0 Å². The predicted octanol–water partition coefficient (Wildman–Crippen LogP) is 4.49. The van der Waals surface area contributed by atoms with Crippen molar-refractivity contribution >= 4 is 22.7 Å². The van der Waals surface area contributed by atoms with Gasteiger partial charge in [-0.25, -0.2) is 0 Å². The molecule has 5 N–H and O–H groups in total. The highest BCUT2D eigenvalue weighted by Gasteiger charge is 1.93. The van der Waals surface area contributed by atoms with Gasteiger partial charge in [0.1, 0.15) is 0 Å². The highest BCUT2D eigenvalue weighted by molar-refractivity contribution is 5.63. The summed E-state index contributed by atoms with van der Waals surface area (Å²) in [5, 5.41) is 3.25. The Bertz CT molecular complexity index is 532. The molecule has 0 aliphatic heterocycles. The zero-order valence-corrected chi connectivity index (χ0v) is 12.0. The van der Waals surface area contributed by atoms with Crippen molar-refractivity contribution in [3.05, 3.63) is 72.8 Å². The Morgan fingerprint density at radius 1 is 0.571 bits per heavy atom. The van der Waals surface area contributed by atoms with E-state index in [1.807, 2.05) is 48.5 Å². The first-order valence-corrected chi connectivity index (χ1v) is 7.02. The minimum atomic E-state index is 0.762. The number of anilines is 4. The van der Waals surface area contributed by atoms with E-state index in [0.29, 0.717) is 0 Å². The van der Waals surface area contributed by atoms with Gasteiger partial charge >= 0.3 is 0 Å². The summed E-state index contributed by atoms with van der Waals surface area (Å²) in [6.45, 7) is 0. The van der Waals surface area contributed by atoms with Crippen molar-refractivity contribution in [3.8, 4) is 0 Å². The van der Waals surface area contributed by atoms with Crippen LogP contribution >= 0.6 is 0 Å². The molecule has 0 heterocycles. The lowest BCUT2D eigenvalue weighted by molar-refractivity contribution is 1.23. The van der Waals surface area contributed by atoms with E-state index in [1.165, 1.54) is 0 Å². The molecular weight excluding hydrogens is 258 g/mol. The standard InChI is InChI=1S/C12H13N3.C6H8/c13-9-1-5-11(6-2-9)15-12-7-3-10(14)4-8-12;1-2-4-6-5-3-1/h1-8,15H,13-14H2;1-2,5-6H,3-4H2. The van der Waals surface area contributed by atoms with E-state index in [1.54, 1.807) is 0 Å². The maximum absolute atomic E-state index is 5.60. The number of benzene rings is 2. The lowest BCUT2D eigenvalue weighted by atomic mass is 10.2. The second-order valence-electron chi connectivity index (χ2n) is 4.78. The molecule has 0 spiro atoms. The molecule has 2 aromatic rings. The summed E-state index contributed by atoms with van der Waals surface area (Å²) >= 11 is 0. The van der Waals surface area contributed by atoms with E-state index in [2.05, 4.69) is 29.6 Å². The van der Waals surface area contributed by atoms with Crippen LogP contribution in [0.2, 0.25) is 0 Å². The first-order valence-electron chi connectivity index (χ1n) is 7.02. The maximum atomic E-state index is 5.60. The number of rotatable bonds is 2. The molecule has 0 aromatic heterocycles. The van der Waals surface area contributed by atoms with Crippen molar-refractivity contribution in [2.75, 3.05) is 16.8 Å². The summed E-state index contributed by atoms with van der Waals surface area (Å²) in [5.74, 6) is 0. The summed E-state index contributed by atoms with van der Waals surface area (Å²) < 4.78 is 0. The fourth-order valence-corrected chi connectivity index (χ4v) is 1.84. The highest BCUT2D eigenvalue weighted by Crippen LogP contribution is 2.18. The van der Waals surface area contributed by atoms with Crippen LogP contribution in [0.25, 0.3) is 0 Å². The average Bonchev–Trinajstić information content (AvgIpc) is 2.54. The van der Waals surface area contributed by atoms with Crippen molar-refractivity contribution < 1.29 is 0 Å². The predicted molar refractivity (Wildman–Crippen MR) is 92.5 cm³/mol. The molecule has 0 unspecified atom stereocenters. The Morgan fingerprint density at radius 2 is 0.905 bits per heavy atom. The molecule has 0 saturated heterocycles. The molecule has 1 aliphatic carbocycles. The molecule has 0 amide bonds. The average molecular weight is 279 g/mol. The Kier molecular flexibility index (Phi) is 5.47. The maximum Gasteiger partial charge on any atom is 0.0385 e. The highest BCUT2D eigenvalue weighted by atomic mass is 14.9. The van der Waals surface area contributed by atoms with Crippen LogP contribution in [0.15, 0.2) is 72.8 Å². The van der Waals surface area contributed by atoms with Gasteiger partial charge in [-0.05, 0) is 61.4 Å². The van der Waals surface area contributed by atoms with Gasteiger partial charge in [-0.2, -0.15) is 0 Å². The quantitative estimate of drug-likeness (QED) is 0.560. The smallest absolute Gasteiger partial charge is 0.0385 e.